The lowest BCUT2D eigenvalue weighted by Gasteiger charge is -2.36. The molecule has 1 aromatic carbocycles. The molecule has 134 valence electrons. The minimum Gasteiger partial charge on any atom is -0.384 e. The van der Waals surface area contributed by atoms with Crippen LogP contribution in [0.5, 0.6) is 0 Å². The van der Waals surface area contributed by atoms with Gasteiger partial charge in [0.05, 0.1) is 19.2 Å². The first-order chi connectivity index (χ1) is 12.2. The fraction of sp³-hybridized carbons (Fsp3) is 0.421. The van der Waals surface area contributed by atoms with E-state index < -0.39 is 0 Å². The Morgan fingerprint density at radius 3 is 2.92 bits per heavy atom. The van der Waals surface area contributed by atoms with Gasteiger partial charge in [-0.3, -0.25) is 4.79 Å². The summed E-state index contributed by atoms with van der Waals surface area (Å²) in [5.41, 5.74) is 2.14. The number of nitrogens with zero attached hydrogens (tertiary/aromatic N) is 1. The Hall–Kier alpha value is -1.76. The van der Waals surface area contributed by atoms with E-state index in [9.17, 15) is 9.18 Å². The summed E-state index contributed by atoms with van der Waals surface area (Å²) in [6.45, 7) is 2.73. The first kappa shape index (κ1) is 18.0. The predicted octanol–water partition coefficient (Wildman–Crippen LogP) is 1.96. The van der Waals surface area contributed by atoms with E-state index in [2.05, 4.69) is 11.4 Å². The third kappa shape index (κ3) is 4.26. The van der Waals surface area contributed by atoms with E-state index in [0.717, 1.165) is 24.9 Å². The molecule has 2 aromatic rings. The standard InChI is InChI=1S/C19H23FN2O2S/c1-24-11-2-9-21-13-18(23)22-10-7-17-16(8-12-25-17)19(22)14-3-5-15(20)6-4-14/h3-6,8,12,19,21H,2,7,9-11,13H2,1H3/p+1/t19-/m0/s1. The molecular weight excluding hydrogens is 339 g/mol. The molecule has 2 heterocycles. The number of carbonyl (C=O) groups is 1. The summed E-state index contributed by atoms with van der Waals surface area (Å²) in [5, 5.41) is 4.11. The first-order valence-electron chi connectivity index (χ1n) is 8.62. The Balaban J connectivity index is 1.75. The molecule has 1 aromatic heterocycles. The second-order valence-corrected chi connectivity index (χ2v) is 7.22. The third-order valence-electron chi connectivity index (χ3n) is 4.55. The van der Waals surface area contributed by atoms with Gasteiger partial charge in [-0.05, 0) is 41.1 Å². The fourth-order valence-electron chi connectivity index (χ4n) is 3.30. The average molecular weight is 363 g/mol. The quantitative estimate of drug-likeness (QED) is 0.765. The highest BCUT2D eigenvalue weighted by atomic mass is 32.1. The molecule has 1 aliphatic rings. The molecule has 0 fully saturated rings. The van der Waals surface area contributed by atoms with Gasteiger partial charge in [-0.1, -0.05) is 12.1 Å². The van der Waals surface area contributed by atoms with Crippen LogP contribution in [0.3, 0.4) is 0 Å². The van der Waals surface area contributed by atoms with Crippen molar-refractivity contribution in [3.8, 4) is 0 Å². The van der Waals surface area contributed by atoms with Gasteiger partial charge in [-0.25, -0.2) is 4.39 Å². The SMILES string of the molecule is COCCC[NH2+]CC(=O)N1CCc2sccc2[C@@H]1c1ccc(F)cc1. The minimum atomic E-state index is -0.255. The molecule has 0 bridgehead atoms. The molecule has 0 aliphatic carbocycles. The molecule has 3 rings (SSSR count). The summed E-state index contributed by atoms with van der Waals surface area (Å²) in [7, 11) is 1.69. The first-order valence-corrected chi connectivity index (χ1v) is 9.50. The van der Waals surface area contributed by atoms with Crippen LogP contribution in [-0.2, 0) is 16.0 Å². The molecule has 0 saturated heterocycles. The van der Waals surface area contributed by atoms with Crippen LogP contribution in [0.25, 0.3) is 0 Å². The second kappa shape index (κ2) is 8.56. The van der Waals surface area contributed by atoms with E-state index >= 15 is 0 Å². The zero-order valence-electron chi connectivity index (χ0n) is 14.4. The van der Waals surface area contributed by atoms with Crippen LogP contribution in [0, 0.1) is 5.82 Å². The van der Waals surface area contributed by atoms with E-state index in [1.807, 2.05) is 10.2 Å². The van der Waals surface area contributed by atoms with Crippen LogP contribution >= 0.6 is 11.3 Å². The molecule has 25 heavy (non-hydrogen) atoms. The van der Waals surface area contributed by atoms with Crippen molar-refractivity contribution in [1.82, 2.24) is 4.90 Å². The maximum Gasteiger partial charge on any atom is 0.278 e. The van der Waals surface area contributed by atoms with Crippen LogP contribution in [-0.4, -0.2) is 44.2 Å². The van der Waals surface area contributed by atoms with Crippen LogP contribution in [0.4, 0.5) is 4.39 Å². The van der Waals surface area contributed by atoms with Gasteiger partial charge in [0.2, 0.25) is 0 Å². The number of rotatable bonds is 7. The lowest BCUT2D eigenvalue weighted by Crippen LogP contribution is -2.87. The van der Waals surface area contributed by atoms with Crippen molar-refractivity contribution in [3.63, 3.8) is 0 Å². The number of hydrogen-bond acceptors (Lipinski definition) is 3. The van der Waals surface area contributed by atoms with Crippen molar-refractivity contribution in [1.29, 1.82) is 0 Å². The number of thiophene rings is 1. The Bertz CT molecular complexity index is 702. The summed E-state index contributed by atoms with van der Waals surface area (Å²) in [6, 6.07) is 8.49. The minimum absolute atomic E-state index is 0.115. The lowest BCUT2D eigenvalue weighted by molar-refractivity contribution is -0.645. The lowest BCUT2D eigenvalue weighted by atomic mass is 9.93. The van der Waals surface area contributed by atoms with E-state index in [4.69, 9.17) is 4.74 Å². The number of hydrogen-bond donors (Lipinski definition) is 1. The largest absolute Gasteiger partial charge is 0.384 e. The maximum atomic E-state index is 13.3. The number of quaternary nitrogens is 1. The number of halogens is 1. The van der Waals surface area contributed by atoms with Gasteiger partial charge in [-0.15, -0.1) is 11.3 Å². The Kier molecular flexibility index (Phi) is 6.18. The molecule has 2 N–H and O–H groups in total. The molecule has 6 heteroatoms. The maximum absolute atomic E-state index is 13.3. The van der Waals surface area contributed by atoms with E-state index in [1.165, 1.54) is 22.6 Å². The fourth-order valence-corrected chi connectivity index (χ4v) is 4.21. The average Bonchev–Trinajstić information content (AvgIpc) is 3.10. The molecular formula is C19H24FN2O2S+. The van der Waals surface area contributed by atoms with Crippen LogP contribution in [0.15, 0.2) is 35.7 Å². The number of carbonyl (C=O) groups excluding carboxylic acids is 1. The van der Waals surface area contributed by atoms with Crippen molar-refractivity contribution >= 4 is 17.2 Å². The summed E-state index contributed by atoms with van der Waals surface area (Å²) >= 11 is 1.73. The monoisotopic (exact) mass is 363 g/mol. The van der Waals surface area contributed by atoms with Crippen molar-refractivity contribution < 1.29 is 19.2 Å². The summed E-state index contributed by atoms with van der Waals surface area (Å²) in [4.78, 5) is 16.1. The van der Waals surface area contributed by atoms with Gasteiger partial charge in [0.1, 0.15) is 5.82 Å². The topological polar surface area (TPSA) is 46.1 Å². The van der Waals surface area contributed by atoms with E-state index in [0.29, 0.717) is 19.7 Å². The van der Waals surface area contributed by atoms with Crippen molar-refractivity contribution in [2.75, 3.05) is 33.4 Å². The van der Waals surface area contributed by atoms with Crippen LogP contribution in [0.2, 0.25) is 0 Å². The highest BCUT2D eigenvalue weighted by Gasteiger charge is 2.33. The summed E-state index contributed by atoms with van der Waals surface area (Å²) in [5.74, 6) is -0.127. The summed E-state index contributed by atoms with van der Waals surface area (Å²) in [6.07, 6.45) is 1.82. The van der Waals surface area contributed by atoms with Gasteiger partial charge in [0, 0.05) is 25.0 Å². The second-order valence-electron chi connectivity index (χ2n) is 6.22. The number of methoxy groups -OCH3 is 1. The molecule has 0 radical (unpaired) electrons. The predicted molar refractivity (Wildman–Crippen MR) is 96.1 cm³/mol. The number of benzene rings is 1. The van der Waals surface area contributed by atoms with Gasteiger partial charge in [0.25, 0.3) is 5.91 Å². The summed E-state index contributed by atoms with van der Waals surface area (Å²) < 4.78 is 18.4. The highest BCUT2D eigenvalue weighted by Crippen LogP contribution is 2.37. The van der Waals surface area contributed by atoms with Crippen molar-refractivity contribution in [3.05, 3.63) is 57.5 Å². The number of amides is 1. The molecule has 4 nitrogen and oxygen atoms in total. The number of fused-ring (bicyclic) bond motifs is 1. The molecule has 0 spiro atoms. The van der Waals surface area contributed by atoms with Crippen LogP contribution < -0.4 is 5.32 Å². The molecule has 0 saturated carbocycles. The van der Waals surface area contributed by atoms with E-state index in [1.54, 1.807) is 30.6 Å². The Labute approximate surface area is 151 Å². The van der Waals surface area contributed by atoms with Crippen LogP contribution in [0.1, 0.15) is 28.5 Å². The normalized spacial score (nSPS) is 16.7. The van der Waals surface area contributed by atoms with Gasteiger partial charge in [-0.2, -0.15) is 0 Å². The zero-order chi connectivity index (χ0) is 17.6. The molecule has 0 unspecified atom stereocenters. The van der Waals surface area contributed by atoms with E-state index in [-0.39, 0.29) is 17.8 Å². The smallest absolute Gasteiger partial charge is 0.278 e. The molecule has 1 amide bonds. The Morgan fingerprint density at radius 2 is 2.16 bits per heavy atom. The highest BCUT2D eigenvalue weighted by molar-refractivity contribution is 7.10. The van der Waals surface area contributed by atoms with Crippen molar-refractivity contribution in [2.45, 2.75) is 18.9 Å². The van der Waals surface area contributed by atoms with Crippen molar-refractivity contribution in [2.24, 2.45) is 0 Å². The van der Waals surface area contributed by atoms with Gasteiger partial charge >= 0.3 is 0 Å². The third-order valence-corrected chi connectivity index (χ3v) is 5.54. The molecule has 1 atom stereocenters. The zero-order valence-corrected chi connectivity index (χ0v) is 15.2. The van der Waals surface area contributed by atoms with Gasteiger partial charge < -0.3 is 15.0 Å². The number of nitrogens with two attached hydrogens (primary N) is 1. The molecule has 1 aliphatic heterocycles. The Morgan fingerprint density at radius 1 is 1.36 bits per heavy atom. The number of ether oxygens (including phenoxy) is 1. The van der Waals surface area contributed by atoms with Gasteiger partial charge in [0.15, 0.2) is 6.54 Å².